The van der Waals surface area contributed by atoms with Gasteiger partial charge in [-0.25, -0.2) is 14.4 Å². The molecule has 4 aromatic carbocycles. The number of benzene rings is 4. The molecule has 1 aliphatic carbocycles. The number of carbonyl (C=O) groups excluding carboxylic acids is 3. The molecule has 13 heteroatoms. The van der Waals surface area contributed by atoms with Crippen LogP contribution in [0.3, 0.4) is 0 Å². The molecule has 0 saturated heterocycles. The lowest BCUT2D eigenvalue weighted by Crippen LogP contribution is -2.38. The van der Waals surface area contributed by atoms with Crippen molar-refractivity contribution in [1.82, 2.24) is 5.32 Å². The molecule has 0 radical (unpaired) electrons. The number of alkyl carbamates (subject to hydrolysis) is 1. The Labute approximate surface area is 422 Å². The molecule has 4 aromatic rings. The second kappa shape index (κ2) is 24.8. The summed E-state index contributed by atoms with van der Waals surface area (Å²) in [5, 5.41) is 9.87. The van der Waals surface area contributed by atoms with Crippen molar-refractivity contribution in [3.8, 4) is 0 Å². The van der Waals surface area contributed by atoms with Gasteiger partial charge in [0, 0.05) is 42.3 Å². The molecule has 71 heavy (non-hydrogen) atoms. The van der Waals surface area contributed by atoms with Gasteiger partial charge in [-0.3, -0.25) is 25.1 Å². The predicted molar refractivity (Wildman–Crippen MR) is 293 cm³/mol. The highest BCUT2D eigenvalue weighted by molar-refractivity contribution is 6.02. The van der Waals surface area contributed by atoms with E-state index in [-0.39, 0.29) is 6.09 Å². The van der Waals surface area contributed by atoms with Crippen LogP contribution in [0.25, 0.3) is 0 Å². The van der Waals surface area contributed by atoms with E-state index in [0.717, 1.165) is 101 Å². The molecule has 0 aromatic heterocycles. The van der Waals surface area contributed by atoms with Crippen molar-refractivity contribution in [2.75, 3.05) is 33.5 Å². The number of nitrogens with one attached hydrogen (secondary N) is 3. The van der Waals surface area contributed by atoms with Gasteiger partial charge in [0.05, 0.1) is 34.1 Å². The minimum absolute atomic E-state index is 0.389. The van der Waals surface area contributed by atoms with E-state index in [2.05, 4.69) is 27.7 Å². The second-order valence-electron chi connectivity index (χ2n) is 21.1. The average molecular weight is 968 g/mol. The Morgan fingerprint density at radius 2 is 1.01 bits per heavy atom. The van der Waals surface area contributed by atoms with Crippen LogP contribution in [-0.2, 0) is 14.2 Å². The monoisotopic (exact) mass is 968 g/mol. The van der Waals surface area contributed by atoms with E-state index in [1.165, 1.54) is 0 Å². The third-order valence-corrected chi connectivity index (χ3v) is 11.2. The SMILES string of the molecule is C=Nc1cc(C)c(N(CCCCCCCCCN(C(=O)OC(C)(C)C)c2cc(Nc3ccccc3)c(N=C3C=C(C)C(NC(=O)OC(C)(C)C)=CC3)cc2C)C(=O)OC(C)(C)C)cc1Nc1ccccc1. The fourth-order valence-electron chi connectivity index (χ4n) is 7.95. The van der Waals surface area contributed by atoms with Crippen LogP contribution < -0.4 is 25.8 Å². The normalized spacial score (nSPS) is 13.4. The van der Waals surface area contributed by atoms with Crippen LogP contribution in [-0.4, -0.2) is 60.6 Å². The molecule has 0 unspecified atom stereocenters. The van der Waals surface area contributed by atoms with Gasteiger partial charge in [-0.1, -0.05) is 74.6 Å². The molecule has 0 heterocycles. The number of rotatable bonds is 19. The first-order valence-corrected chi connectivity index (χ1v) is 24.9. The minimum Gasteiger partial charge on any atom is -0.444 e. The first kappa shape index (κ1) is 55.0. The van der Waals surface area contributed by atoms with Gasteiger partial charge in [0.15, 0.2) is 0 Å². The molecule has 0 bridgehead atoms. The quantitative estimate of drug-likeness (QED) is 0.0478. The maximum atomic E-state index is 14.0. The number of unbranched alkanes of at least 4 members (excludes halogenated alkanes) is 6. The van der Waals surface area contributed by atoms with E-state index in [1.54, 1.807) is 9.80 Å². The number of hydrogen-bond donors (Lipinski definition) is 3. The van der Waals surface area contributed by atoms with Gasteiger partial charge in [0.1, 0.15) is 16.8 Å². The largest absolute Gasteiger partial charge is 0.444 e. The zero-order valence-electron chi connectivity index (χ0n) is 44.3. The Kier molecular flexibility index (Phi) is 19.2. The lowest BCUT2D eigenvalue weighted by Gasteiger charge is -2.29. The Morgan fingerprint density at radius 1 is 0.592 bits per heavy atom. The maximum absolute atomic E-state index is 14.0. The number of hydrogen-bond acceptors (Lipinski definition) is 10. The molecule has 0 saturated carbocycles. The van der Waals surface area contributed by atoms with Crippen LogP contribution in [0.5, 0.6) is 0 Å². The van der Waals surface area contributed by atoms with Crippen LogP contribution in [0.4, 0.5) is 59.9 Å². The predicted octanol–water partition coefficient (Wildman–Crippen LogP) is 15.9. The van der Waals surface area contributed by atoms with Crippen LogP contribution in [0, 0.1) is 13.8 Å². The topological polar surface area (TPSA) is 146 Å². The third-order valence-electron chi connectivity index (χ3n) is 11.2. The van der Waals surface area contributed by atoms with Crippen molar-refractivity contribution >= 4 is 76.2 Å². The molecule has 3 amide bonds. The number of aryl methyl sites for hydroxylation is 2. The Morgan fingerprint density at radius 3 is 1.44 bits per heavy atom. The second-order valence-corrected chi connectivity index (χ2v) is 21.1. The molecule has 13 nitrogen and oxygen atoms in total. The smallest absolute Gasteiger partial charge is 0.414 e. The fourth-order valence-corrected chi connectivity index (χ4v) is 7.95. The molecule has 0 atom stereocenters. The summed E-state index contributed by atoms with van der Waals surface area (Å²) < 4.78 is 17.4. The summed E-state index contributed by atoms with van der Waals surface area (Å²) in [4.78, 5) is 53.2. The van der Waals surface area contributed by atoms with Crippen LogP contribution >= 0.6 is 0 Å². The third kappa shape index (κ3) is 17.8. The van der Waals surface area contributed by atoms with Gasteiger partial charge in [0.25, 0.3) is 0 Å². The summed E-state index contributed by atoms with van der Waals surface area (Å²) in [6.45, 7) is 27.4. The molecular weight excluding hydrogens is 891 g/mol. The Bertz CT molecular complexity index is 2570. The van der Waals surface area contributed by atoms with Gasteiger partial charge in [-0.2, -0.15) is 0 Å². The van der Waals surface area contributed by atoms with Crippen molar-refractivity contribution < 1.29 is 28.6 Å². The highest BCUT2D eigenvalue weighted by Crippen LogP contribution is 2.38. The molecule has 0 spiro atoms. The van der Waals surface area contributed by atoms with Gasteiger partial charge in [0.2, 0.25) is 0 Å². The van der Waals surface area contributed by atoms with Gasteiger partial charge < -0.3 is 24.8 Å². The molecule has 1 aliphatic rings. The molecule has 0 aliphatic heterocycles. The number of ether oxygens (including phenoxy) is 3. The zero-order valence-corrected chi connectivity index (χ0v) is 44.3. The number of carbonyl (C=O) groups is 3. The van der Waals surface area contributed by atoms with Crippen molar-refractivity contribution in [2.45, 2.75) is 151 Å². The molecule has 3 N–H and O–H groups in total. The summed E-state index contributed by atoms with van der Waals surface area (Å²) >= 11 is 0. The fraction of sp³-hybridized carbons (Fsp3) is 0.431. The lowest BCUT2D eigenvalue weighted by atomic mass is 10.0. The van der Waals surface area contributed by atoms with Gasteiger partial charge in [-0.15, -0.1) is 0 Å². The van der Waals surface area contributed by atoms with E-state index in [1.807, 2.05) is 180 Å². The Hall–Kier alpha value is -6.89. The van der Waals surface area contributed by atoms with E-state index < -0.39 is 29.0 Å². The summed E-state index contributed by atoms with van der Waals surface area (Å²) in [6, 6.07) is 27.6. The maximum Gasteiger partial charge on any atom is 0.414 e. The van der Waals surface area contributed by atoms with Crippen LogP contribution in [0.15, 0.2) is 118 Å². The van der Waals surface area contributed by atoms with E-state index in [9.17, 15) is 14.4 Å². The van der Waals surface area contributed by atoms with E-state index in [4.69, 9.17) is 19.2 Å². The summed E-state index contributed by atoms with van der Waals surface area (Å²) in [5.41, 5.74) is 8.37. The number of anilines is 6. The summed E-state index contributed by atoms with van der Waals surface area (Å²) in [7, 11) is 0. The van der Waals surface area contributed by atoms with Crippen LogP contribution in [0.1, 0.15) is 132 Å². The average Bonchev–Trinajstić information content (AvgIpc) is 3.27. The minimum atomic E-state index is -0.693. The van der Waals surface area contributed by atoms with E-state index in [0.29, 0.717) is 36.6 Å². The number of amides is 3. The summed E-state index contributed by atoms with van der Waals surface area (Å²) in [5.74, 6) is 0. The zero-order chi connectivity index (χ0) is 51.9. The number of aliphatic imine (C=N–C) groups is 2. The number of nitrogens with zero attached hydrogens (tertiary/aromatic N) is 4. The summed E-state index contributed by atoms with van der Waals surface area (Å²) in [6.07, 6.45) is 9.56. The number of para-hydroxylation sites is 2. The van der Waals surface area contributed by atoms with Crippen molar-refractivity contribution in [3.63, 3.8) is 0 Å². The first-order chi connectivity index (χ1) is 33.5. The highest BCUT2D eigenvalue weighted by atomic mass is 16.6. The molecular formula is C58H77N7O6. The highest BCUT2D eigenvalue weighted by Gasteiger charge is 2.28. The molecule has 0 fully saturated rings. The van der Waals surface area contributed by atoms with Gasteiger partial charge in [-0.05, 0) is 174 Å². The van der Waals surface area contributed by atoms with Crippen LogP contribution in [0.2, 0.25) is 0 Å². The van der Waals surface area contributed by atoms with Crippen molar-refractivity contribution in [1.29, 1.82) is 0 Å². The molecule has 5 rings (SSSR count). The molecule has 380 valence electrons. The first-order valence-electron chi connectivity index (χ1n) is 24.9. The number of allylic oxidation sites excluding steroid dienone is 3. The van der Waals surface area contributed by atoms with Crippen molar-refractivity contribution in [2.24, 2.45) is 9.98 Å². The lowest BCUT2D eigenvalue weighted by molar-refractivity contribution is 0.0541. The standard InChI is InChI=1S/C58H77N7O6/c1-40-35-45(31-32-46(40)63-53(66)69-56(4,5)6)62-48-37-42(3)52(39-50(48)61-44-29-23-20-24-30-44)65(55(68)71-58(10,11)12)34-26-18-16-14-15-17-25-33-64(54(67)70-57(7,8)9)51-38-49(47(59-13)36-41(51)2)60-43-27-21-19-22-28-43/h19-24,27-30,32,35-39,60-61H,13-18,25-26,31,33-34H2,1-12H3,(H,63,66). The Balaban J connectivity index is 1.26. The van der Waals surface area contributed by atoms with Gasteiger partial charge >= 0.3 is 18.3 Å². The van der Waals surface area contributed by atoms with Crippen molar-refractivity contribution in [3.05, 3.63) is 119 Å². The van der Waals surface area contributed by atoms with E-state index >= 15 is 0 Å².